The monoisotopic (exact) mass is 321 g/mol. The SMILES string of the molecule is CCCOc1ccc(C(O)CCN2CCN(CC)CC2)cc1N. The van der Waals surface area contributed by atoms with Gasteiger partial charge in [-0.3, -0.25) is 0 Å². The molecule has 1 aromatic rings. The fourth-order valence-corrected chi connectivity index (χ4v) is 2.92. The molecule has 1 aliphatic rings. The maximum Gasteiger partial charge on any atom is 0.142 e. The summed E-state index contributed by atoms with van der Waals surface area (Å²) >= 11 is 0. The lowest BCUT2D eigenvalue weighted by atomic mass is 10.0. The first-order chi connectivity index (χ1) is 11.1. The van der Waals surface area contributed by atoms with Crippen LogP contribution in [0.2, 0.25) is 0 Å². The van der Waals surface area contributed by atoms with Gasteiger partial charge in [-0.15, -0.1) is 0 Å². The first-order valence-corrected chi connectivity index (χ1v) is 8.79. The number of benzene rings is 1. The smallest absolute Gasteiger partial charge is 0.142 e. The van der Waals surface area contributed by atoms with Gasteiger partial charge in [0.1, 0.15) is 5.75 Å². The Labute approximate surface area is 140 Å². The topological polar surface area (TPSA) is 62.0 Å². The van der Waals surface area contributed by atoms with Gasteiger partial charge >= 0.3 is 0 Å². The van der Waals surface area contributed by atoms with Crippen LogP contribution in [0, 0.1) is 0 Å². The van der Waals surface area contributed by atoms with E-state index in [1.54, 1.807) is 0 Å². The van der Waals surface area contributed by atoms with Crippen molar-refractivity contribution in [2.45, 2.75) is 32.8 Å². The van der Waals surface area contributed by atoms with Gasteiger partial charge in [-0.25, -0.2) is 0 Å². The highest BCUT2D eigenvalue weighted by Crippen LogP contribution is 2.27. The van der Waals surface area contributed by atoms with Crippen molar-refractivity contribution in [3.63, 3.8) is 0 Å². The molecule has 0 aliphatic carbocycles. The molecule has 3 N–H and O–H groups in total. The molecule has 23 heavy (non-hydrogen) atoms. The zero-order valence-corrected chi connectivity index (χ0v) is 14.5. The van der Waals surface area contributed by atoms with Crippen LogP contribution in [0.1, 0.15) is 38.4 Å². The second-order valence-corrected chi connectivity index (χ2v) is 6.23. The minimum absolute atomic E-state index is 0.471. The van der Waals surface area contributed by atoms with Crippen LogP contribution in [-0.2, 0) is 0 Å². The van der Waals surface area contributed by atoms with E-state index < -0.39 is 6.10 Å². The average molecular weight is 321 g/mol. The molecule has 0 bridgehead atoms. The molecule has 0 amide bonds. The maximum atomic E-state index is 10.4. The van der Waals surface area contributed by atoms with E-state index in [2.05, 4.69) is 23.6 Å². The number of ether oxygens (including phenoxy) is 1. The lowest BCUT2D eigenvalue weighted by molar-refractivity contribution is 0.105. The zero-order chi connectivity index (χ0) is 16.7. The van der Waals surface area contributed by atoms with E-state index in [0.717, 1.165) is 57.7 Å². The highest BCUT2D eigenvalue weighted by atomic mass is 16.5. The minimum Gasteiger partial charge on any atom is -0.491 e. The third-order valence-corrected chi connectivity index (χ3v) is 4.51. The summed E-state index contributed by atoms with van der Waals surface area (Å²) < 4.78 is 5.58. The van der Waals surface area contributed by atoms with Gasteiger partial charge in [0.25, 0.3) is 0 Å². The van der Waals surface area contributed by atoms with Gasteiger partial charge < -0.3 is 25.4 Å². The summed E-state index contributed by atoms with van der Waals surface area (Å²) in [5.41, 5.74) is 7.49. The molecule has 1 heterocycles. The largest absolute Gasteiger partial charge is 0.491 e. The number of nitrogen functional groups attached to an aromatic ring is 1. The third kappa shape index (κ3) is 5.37. The molecule has 0 aromatic heterocycles. The number of aliphatic hydroxyl groups is 1. The lowest BCUT2D eigenvalue weighted by Gasteiger charge is -2.34. The summed E-state index contributed by atoms with van der Waals surface area (Å²) in [4.78, 5) is 4.89. The highest BCUT2D eigenvalue weighted by Gasteiger charge is 2.17. The molecular weight excluding hydrogens is 290 g/mol. The fourth-order valence-electron chi connectivity index (χ4n) is 2.92. The fraction of sp³-hybridized carbons (Fsp3) is 0.667. The summed E-state index contributed by atoms with van der Waals surface area (Å²) in [5, 5.41) is 10.4. The normalized spacial score (nSPS) is 18.0. The Balaban J connectivity index is 1.81. The molecule has 0 saturated carbocycles. The molecule has 1 aliphatic heterocycles. The minimum atomic E-state index is -0.471. The Hall–Kier alpha value is -1.30. The Kier molecular flexibility index (Phi) is 7.15. The highest BCUT2D eigenvalue weighted by molar-refractivity contribution is 5.54. The number of nitrogens with zero attached hydrogens (tertiary/aromatic N) is 2. The van der Waals surface area contributed by atoms with Gasteiger partial charge in [-0.05, 0) is 37.1 Å². The van der Waals surface area contributed by atoms with E-state index in [9.17, 15) is 5.11 Å². The van der Waals surface area contributed by atoms with Crippen molar-refractivity contribution in [1.82, 2.24) is 9.80 Å². The number of rotatable bonds is 8. The van der Waals surface area contributed by atoms with Crippen LogP contribution in [0.5, 0.6) is 5.75 Å². The Bertz CT molecular complexity index is 473. The van der Waals surface area contributed by atoms with Crippen LogP contribution in [0.25, 0.3) is 0 Å². The molecule has 5 nitrogen and oxygen atoms in total. The predicted octanol–water partition coefficient (Wildman–Crippen LogP) is 2.12. The van der Waals surface area contributed by atoms with Crippen LogP contribution in [-0.4, -0.2) is 60.8 Å². The van der Waals surface area contributed by atoms with Crippen LogP contribution in [0.15, 0.2) is 18.2 Å². The first-order valence-electron chi connectivity index (χ1n) is 8.79. The molecule has 5 heteroatoms. The van der Waals surface area contributed by atoms with Crippen molar-refractivity contribution in [3.05, 3.63) is 23.8 Å². The number of likely N-dealkylation sites (N-methyl/N-ethyl adjacent to an activating group) is 1. The second-order valence-electron chi connectivity index (χ2n) is 6.23. The van der Waals surface area contributed by atoms with Gasteiger partial charge in [0.2, 0.25) is 0 Å². The van der Waals surface area contributed by atoms with Crippen molar-refractivity contribution < 1.29 is 9.84 Å². The van der Waals surface area contributed by atoms with Crippen molar-refractivity contribution >= 4 is 5.69 Å². The molecule has 1 saturated heterocycles. The molecule has 0 spiro atoms. The molecule has 1 fully saturated rings. The summed E-state index contributed by atoms with van der Waals surface area (Å²) in [6.07, 6.45) is 1.22. The molecule has 130 valence electrons. The summed E-state index contributed by atoms with van der Waals surface area (Å²) in [6.45, 7) is 11.4. The number of hydrogen-bond donors (Lipinski definition) is 2. The van der Waals surface area contributed by atoms with Crippen molar-refractivity contribution in [1.29, 1.82) is 0 Å². The standard InChI is InChI=1S/C18H31N3O2/c1-3-13-23-18-6-5-15(14-16(18)19)17(22)7-8-21-11-9-20(4-2)10-12-21/h5-6,14,17,22H,3-4,7-13,19H2,1-2H3. The first kappa shape index (κ1) is 18.0. The lowest BCUT2D eigenvalue weighted by Crippen LogP contribution is -2.46. The summed E-state index contributed by atoms with van der Waals surface area (Å²) in [6, 6.07) is 5.62. The molecule has 1 aromatic carbocycles. The molecule has 1 atom stereocenters. The summed E-state index contributed by atoms with van der Waals surface area (Å²) in [7, 11) is 0. The van der Waals surface area contributed by atoms with E-state index in [-0.39, 0.29) is 0 Å². The van der Waals surface area contributed by atoms with Crippen LogP contribution < -0.4 is 10.5 Å². The Morgan fingerprint density at radius 1 is 1.17 bits per heavy atom. The number of nitrogens with two attached hydrogens (primary N) is 1. The third-order valence-electron chi connectivity index (χ3n) is 4.51. The number of hydrogen-bond acceptors (Lipinski definition) is 5. The van der Waals surface area contributed by atoms with Gasteiger partial charge in [0.05, 0.1) is 18.4 Å². The van der Waals surface area contributed by atoms with Crippen molar-refractivity contribution in [3.8, 4) is 5.75 Å². The van der Waals surface area contributed by atoms with E-state index >= 15 is 0 Å². The molecule has 1 unspecified atom stereocenters. The Morgan fingerprint density at radius 2 is 1.87 bits per heavy atom. The second kappa shape index (κ2) is 9.11. The maximum absolute atomic E-state index is 10.4. The summed E-state index contributed by atoms with van der Waals surface area (Å²) in [5.74, 6) is 0.707. The number of anilines is 1. The van der Waals surface area contributed by atoms with E-state index in [4.69, 9.17) is 10.5 Å². The molecular formula is C18H31N3O2. The van der Waals surface area contributed by atoms with Gasteiger partial charge in [-0.1, -0.05) is 19.9 Å². The molecule has 0 radical (unpaired) electrons. The van der Waals surface area contributed by atoms with Crippen LogP contribution >= 0.6 is 0 Å². The zero-order valence-electron chi connectivity index (χ0n) is 14.5. The van der Waals surface area contributed by atoms with Crippen LogP contribution in [0.3, 0.4) is 0 Å². The number of piperazine rings is 1. The Morgan fingerprint density at radius 3 is 2.48 bits per heavy atom. The number of aliphatic hydroxyl groups excluding tert-OH is 1. The van der Waals surface area contributed by atoms with Gasteiger partial charge in [0, 0.05) is 32.7 Å². The molecule has 2 rings (SSSR count). The van der Waals surface area contributed by atoms with Crippen molar-refractivity contribution in [2.75, 3.05) is 51.6 Å². The van der Waals surface area contributed by atoms with Gasteiger partial charge in [0.15, 0.2) is 0 Å². The predicted molar refractivity (Wildman–Crippen MR) is 94.8 cm³/mol. The average Bonchev–Trinajstić information content (AvgIpc) is 2.59. The van der Waals surface area contributed by atoms with Crippen molar-refractivity contribution in [2.24, 2.45) is 0 Å². The van der Waals surface area contributed by atoms with Crippen LogP contribution in [0.4, 0.5) is 5.69 Å². The van der Waals surface area contributed by atoms with E-state index in [1.807, 2.05) is 18.2 Å². The van der Waals surface area contributed by atoms with Gasteiger partial charge in [-0.2, -0.15) is 0 Å². The quantitative estimate of drug-likeness (QED) is 0.718. The van der Waals surface area contributed by atoms with E-state index in [1.165, 1.54) is 0 Å². The van der Waals surface area contributed by atoms with E-state index in [0.29, 0.717) is 18.0 Å².